The Labute approximate surface area is 160 Å². The van der Waals surface area contributed by atoms with Gasteiger partial charge in [0.05, 0.1) is 11.8 Å². The maximum atomic E-state index is 14.0. The summed E-state index contributed by atoms with van der Waals surface area (Å²) >= 11 is 0. The van der Waals surface area contributed by atoms with Crippen LogP contribution in [-0.4, -0.2) is 18.3 Å². The number of benzene rings is 3. The van der Waals surface area contributed by atoms with E-state index in [0.29, 0.717) is 28.3 Å². The normalized spacial score (nSPS) is 12.6. The van der Waals surface area contributed by atoms with Gasteiger partial charge in [-0.2, -0.15) is 36.3 Å². The smallest absolute Gasteiger partial charge is 0.207 e. The Hall–Kier alpha value is -3.21. The molecule has 11 heteroatoms. The van der Waals surface area contributed by atoms with Gasteiger partial charge in [-0.15, -0.1) is 0 Å². The first-order chi connectivity index (χ1) is 13.6. The lowest BCUT2D eigenvalue weighted by molar-refractivity contribution is -0.137. The van der Waals surface area contributed by atoms with Gasteiger partial charge in [-0.3, -0.25) is 0 Å². The highest BCUT2D eigenvalue weighted by Gasteiger charge is 2.33. The van der Waals surface area contributed by atoms with E-state index in [1.807, 2.05) is 4.83 Å². The Kier molecular flexibility index (Phi) is 4.23. The zero-order valence-electron chi connectivity index (χ0n) is 14.2. The summed E-state index contributed by atoms with van der Waals surface area (Å²) in [6, 6.07) is 8.05. The highest BCUT2D eigenvalue weighted by molar-refractivity contribution is 7.92. The third-order valence-corrected chi connectivity index (χ3v) is 5.57. The Morgan fingerprint density at radius 3 is 2.38 bits per heavy atom. The number of alkyl halides is 3. The molecule has 150 valence electrons. The quantitative estimate of drug-likeness (QED) is 0.493. The highest BCUT2D eigenvalue weighted by Crippen LogP contribution is 2.32. The SMILES string of the molecule is O=S(=O)(Nn1ncc2ccc3cc(F)ccc3c21)c1cc(C(F)(F)F)ccc1F. The van der Waals surface area contributed by atoms with Crippen molar-refractivity contribution >= 4 is 31.7 Å². The fourth-order valence-corrected chi connectivity index (χ4v) is 4.01. The minimum absolute atomic E-state index is 0.205. The standard InChI is InChI=1S/C18H10F5N3O2S/c19-13-4-5-14-10(7-13)1-2-11-9-24-26(17(11)14)25-29(27,28)16-8-12(18(21,22)23)3-6-15(16)20/h1-9,25H. The van der Waals surface area contributed by atoms with E-state index < -0.39 is 38.3 Å². The van der Waals surface area contributed by atoms with Crippen LogP contribution in [0.4, 0.5) is 22.0 Å². The molecular weight excluding hydrogens is 417 g/mol. The molecule has 1 heterocycles. The number of nitrogens with one attached hydrogen (secondary N) is 1. The molecule has 3 aromatic carbocycles. The lowest BCUT2D eigenvalue weighted by atomic mass is 10.1. The molecule has 4 rings (SSSR count). The van der Waals surface area contributed by atoms with Crippen LogP contribution in [-0.2, 0) is 16.2 Å². The molecule has 0 amide bonds. The molecule has 0 aliphatic rings. The molecule has 0 spiro atoms. The molecule has 0 aliphatic heterocycles. The Bertz CT molecular complexity index is 1360. The van der Waals surface area contributed by atoms with Gasteiger partial charge in [-0.05, 0) is 41.8 Å². The Morgan fingerprint density at radius 1 is 0.931 bits per heavy atom. The van der Waals surface area contributed by atoms with Crippen molar-refractivity contribution in [1.29, 1.82) is 0 Å². The molecule has 1 aromatic heterocycles. The van der Waals surface area contributed by atoms with Crippen LogP contribution < -0.4 is 4.83 Å². The maximum Gasteiger partial charge on any atom is 0.416 e. The first-order valence-corrected chi connectivity index (χ1v) is 9.50. The number of fused-ring (bicyclic) bond motifs is 3. The lowest BCUT2D eigenvalue weighted by Crippen LogP contribution is -2.25. The van der Waals surface area contributed by atoms with E-state index in [4.69, 9.17) is 0 Å². The molecule has 0 bridgehead atoms. The molecule has 0 aliphatic carbocycles. The number of rotatable bonds is 3. The van der Waals surface area contributed by atoms with E-state index in [1.54, 1.807) is 12.1 Å². The van der Waals surface area contributed by atoms with Crippen molar-refractivity contribution in [1.82, 2.24) is 9.89 Å². The van der Waals surface area contributed by atoms with Crippen LogP contribution in [0.5, 0.6) is 0 Å². The molecule has 0 atom stereocenters. The van der Waals surface area contributed by atoms with Crippen LogP contribution in [0.1, 0.15) is 5.56 Å². The van der Waals surface area contributed by atoms with Crippen LogP contribution in [0.15, 0.2) is 59.6 Å². The van der Waals surface area contributed by atoms with Gasteiger partial charge >= 0.3 is 6.18 Å². The van der Waals surface area contributed by atoms with Gasteiger partial charge in [0.2, 0.25) is 0 Å². The molecule has 0 unspecified atom stereocenters. The molecule has 1 N–H and O–H groups in total. The molecule has 4 aromatic rings. The lowest BCUT2D eigenvalue weighted by Gasteiger charge is -2.13. The Balaban J connectivity index is 1.85. The summed E-state index contributed by atoms with van der Waals surface area (Å²) in [5.74, 6) is -1.86. The second-order valence-electron chi connectivity index (χ2n) is 6.16. The Morgan fingerprint density at radius 2 is 1.66 bits per heavy atom. The minimum atomic E-state index is -4.85. The van der Waals surface area contributed by atoms with Crippen molar-refractivity contribution in [2.75, 3.05) is 4.83 Å². The third kappa shape index (κ3) is 3.37. The molecule has 0 fully saturated rings. The molecule has 0 radical (unpaired) electrons. The zero-order chi connectivity index (χ0) is 21.0. The predicted octanol–water partition coefficient (Wildman–Crippen LogP) is 4.42. The van der Waals surface area contributed by atoms with Gasteiger partial charge in [0.15, 0.2) is 0 Å². The topological polar surface area (TPSA) is 64.0 Å². The van der Waals surface area contributed by atoms with E-state index in [0.717, 1.165) is 4.79 Å². The van der Waals surface area contributed by atoms with Crippen LogP contribution in [0.2, 0.25) is 0 Å². The summed E-state index contributed by atoms with van der Waals surface area (Å²) in [5.41, 5.74) is -1.08. The van der Waals surface area contributed by atoms with Gasteiger partial charge in [0, 0.05) is 10.8 Å². The fourth-order valence-electron chi connectivity index (χ4n) is 2.94. The fraction of sp³-hybridized carbons (Fsp3) is 0.0556. The summed E-state index contributed by atoms with van der Waals surface area (Å²) in [6.45, 7) is 0. The van der Waals surface area contributed by atoms with Crippen LogP contribution in [0, 0.1) is 11.6 Å². The van der Waals surface area contributed by atoms with Gasteiger partial charge in [0.25, 0.3) is 10.0 Å². The van der Waals surface area contributed by atoms with Gasteiger partial charge in [0.1, 0.15) is 22.0 Å². The number of aromatic nitrogens is 2. The summed E-state index contributed by atoms with van der Waals surface area (Å²) in [4.78, 5) is 1.58. The summed E-state index contributed by atoms with van der Waals surface area (Å²) < 4.78 is 91.4. The van der Waals surface area contributed by atoms with E-state index in [1.165, 1.54) is 24.4 Å². The largest absolute Gasteiger partial charge is 0.416 e. The van der Waals surface area contributed by atoms with Crippen molar-refractivity contribution in [2.24, 2.45) is 0 Å². The van der Waals surface area contributed by atoms with Crippen LogP contribution in [0.3, 0.4) is 0 Å². The predicted molar refractivity (Wildman–Crippen MR) is 95.1 cm³/mol. The van der Waals surface area contributed by atoms with Crippen molar-refractivity contribution in [2.45, 2.75) is 11.1 Å². The molecule has 0 saturated heterocycles. The molecule has 29 heavy (non-hydrogen) atoms. The van der Waals surface area contributed by atoms with Crippen molar-refractivity contribution in [3.05, 3.63) is 71.9 Å². The second kappa shape index (κ2) is 6.41. The first kappa shape index (κ1) is 19.1. The van der Waals surface area contributed by atoms with Crippen molar-refractivity contribution in [3.63, 3.8) is 0 Å². The monoisotopic (exact) mass is 427 g/mol. The van der Waals surface area contributed by atoms with E-state index in [9.17, 15) is 30.4 Å². The summed E-state index contributed by atoms with van der Waals surface area (Å²) in [7, 11) is -4.76. The number of hydrogen-bond donors (Lipinski definition) is 1. The first-order valence-electron chi connectivity index (χ1n) is 8.02. The highest BCUT2D eigenvalue weighted by atomic mass is 32.2. The van der Waals surface area contributed by atoms with Gasteiger partial charge in [-0.1, -0.05) is 12.1 Å². The van der Waals surface area contributed by atoms with E-state index in [-0.39, 0.29) is 11.6 Å². The van der Waals surface area contributed by atoms with E-state index >= 15 is 0 Å². The van der Waals surface area contributed by atoms with Gasteiger partial charge in [-0.25, -0.2) is 8.78 Å². The average Bonchev–Trinajstić information content (AvgIpc) is 3.03. The number of nitrogens with zero attached hydrogens (tertiary/aromatic N) is 2. The van der Waals surface area contributed by atoms with Crippen LogP contribution >= 0.6 is 0 Å². The minimum Gasteiger partial charge on any atom is -0.207 e. The summed E-state index contributed by atoms with van der Waals surface area (Å²) in [6.07, 6.45) is -3.54. The van der Waals surface area contributed by atoms with Gasteiger partial charge < -0.3 is 0 Å². The second-order valence-corrected chi connectivity index (χ2v) is 7.79. The van der Waals surface area contributed by atoms with Crippen molar-refractivity contribution < 1.29 is 30.4 Å². The number of halogens is 5. The summed E-state index contributed by atoms with van der Waals surface area (Å²) in [5, 5.41) is 5.24. The van der Waals surface area contributed by atoms with Crippen molar-refractivity contribution in [3.8, 4) is 0 Å². The van der Waals surface area contributed by atoms with Crippen LogP contribution in [0.25, 0.3) is 21.7 Å². The zero-order valence-corrected chi connectivity index (χ0v) is 15.0. The molecule has 5 nitrogen and oxygen atoms in total. The molecule has 0 saturated carbocycles. The maximum absolute atomic E-state index is 14.0. The number of hydrogen-bond acceptors (Lipinski definition) is 3. The molecular formula is C18H10F5N3O2S. The average molecular weight is 427 g/mol. The van der Waals surface area contributed by atoms with E-state index in [2.05, 4.69) is 5.10 Å². The number of sulfonamides is 1. The third-order valence-electron chi connectivity index (χ3n) is 4.26.